The van der Waals surface area contributed by atoms with Crippen LogP contribution in [-0.2, 0) is 0 Å². The number of nitrogens with two attached hydrogens (primary N) is 1. The van der Waals surface area contributed by atoms with E-state index in [4.69, 9.17) is 5.73 Å². The molecule has 0 saturated heterocycles. The second-order valence-corrected chi connectivity index (χ2v) is 3.26. The maximum atomic E-state index is 11.8. The molecular formula is C10H15N3O. The van der Waals surface area contributed by atoms with Gasteiger partial charge < -0.3 is 11.1 Å². The maximum absolute atomic E-state index is 11.8. The Labute approximate surface area is 83.5 Å². The predicted molar refractivity (Wildman–Crippen MR) is 56.1 cm³/mol. The summed E-state index contributed by atoms with van der Waals surface area (Å²) in [7, 11) is 1.82. The minimum atomic E-state index is -0.0773. The van der Waals surface area contributed by atoms with Gasteiger partial charge in [-0.1, -0.05) is 6.92 Å². The number of pyridine rings is 1. The van der Waals surface area contributed by atoms with Crippen molar-refractivity contribution in [3.8, 4) is 0 Å². The maximum Gasteiger partial charge on any atom is 0.170 e. The molecular weight excluding hydrogens is 178 g/mol. The van der Waals surface area contributed by atoms with Gasteiger partial charge in [-0.3, -0.25) is 4.79 Å². The number of rotatable bonds is 4. The highest BCUT2D eigenvalue weighted by atomic mass is 16.1. The fraction of sp³-hybridized carbons (Fsp3) is 0.400. The molecule has 14 heavy (non-hydrogen) atoms. The van der Waals surface area contributed by atoms with Crippen molar-refractivity contribution in [1.29, 1.82) is 0 Å². The van der Waals surface area contributed by atoms with Gasteiger partial charge >= 0.3 is 0 Å². The molecule has 1 aromatic heterocycles. The van der Waals surface area contributed by atoms with Gasteiger partial charge in [0.25, 0.3) is 0 Å². The van der Waals surface area contributed by atoms with E-state index in [2.05, 4.69) is 10.3 Å². The Morgan fingerprint density at radius 3 is 3.00 bits per heavy atom. The van der Waals surface area contributed by atoms with Crippen LogP contribution in [0.4, 0.5) is 5.82 Å². The summed E-state index contributed by atoms with van der Waals surface area (Å²) >= 11 is 0. The Kier molecular flexibility index (Phi) is 3.59. The Bertz CT molecular complexity index is 325. The lowest BCUT2D eigenvalue weighted by Gasteiger charge is -2.10. The molecule has 1 aromatic rings. The first-order valence-corrected chi connectivity index (χ1v) is 4.56. The van der Waals surface area contributed by atoms with E-state index >= 15 is 0 Å². The molecule has 0 amide bonds. The van der Waals surface area contributed by atoms with Crippen molar-refractivity contribution >= 4 is 11.6 Å². The van der Waals surface area contributed by atoms with E-state index in [-0.39, 0.29) is 11.7 Å². The highest BCUT2D eigenvalue weighted by Crippen LogP contribution is 2.12. The summed E-state index contributed by atoms with van der Waals surface area (Å²) in [5.41, 5.74) is 6.11. The summed E-state index contributed by atoms with van der Waals surface area (Å²) in [5, 5.41) is 2.96. The normalized spacial score (nSPS) is 12.4. The molecule has 0 aliphatic carbocycles. The van der Waals surface area contributed by atoms with E-state index in [0.717, 1.165) is 0 Å². The number of carbonyl (C=O) groups is 1. The first kappa shape index (κ1) is 10.7. The molecule has 0 aliphatic rings. The second kappa shape index (κ2) is 4.72. The van der Waals surface area contributed by atoms with E-state index in [1.807, 2.05) is 14.0 Å². The third-order valence-electron chi connectivity index (χ3n) is 2.06. The average Bonchev–Trinajstić information content (AvgIpc) is 2.18. The van der Waals surface area contributed by atoms with E-state index in [0.29, 0.717) is 17.9 Å². The van der Waals surface area contributed by atoms with Crippen LogP contribution in [0, 0.1) is 5.92 Å². The number of ketones is 1. The molecule has 1 heterocycles. The fourth-order valence-electron chi connectivity index (χ4n) is 1.29. The minimum Gasteiger partial charge on any atom is -0.383 e. The standard InChI is InChI=1S/C10H15N3O/c1-7(6-12-2)9(14)8-4-3-5-13-10(8)11/h3-5,7,12H,6H2,1-2H3,(H2,11,13). The van der Waals surface area contributed by atoms with Crippen molar-refractivity contribution in [2.24, 2.45) is 5.92 Å². The lowest BCUT2D eigenvalue weighted by Crippen LogP contribution is -2.24. The molecule has 0 radical (unpaired) electrons. The molecule has 76 valence electrons. The molecule has 0 aliphatic heterocycles. The van der Waals surface area contributed by atoms with E-state index in [9.17, 15) is 4.79 Å². The van der Waals surface area contributed by atoms with Gasteiger partial charge in [-0.2, -0.15) is 0 Å². The number of Topliss-reactive ketones (excluding diaryl/α,β-unsaturated/α-hetero) is 1. The monoisotopic (exact) mass is 193 g/mol. The van der Waals surface area contributed by atoms with Gasteiger partial charge in [-0.25, -0.2) is 4.98 Å². The first-order chi connectivity index (χ1) is 6.66. The number of nitrogen functional groups attached to an aromatic ring is 1. The van der Waals surface area contributed by atoms with E-state index in [1.165, 1.54) is 0 Å². The summed E-state index contributed by atoms with van der Waals surface area (Å²) in [6, 6.07) is 3.42. The van der Waals surface area contributed by atoms with Crippen LogP contribution in [0.15, 0.2) is 18.3 Å². The summed E-state index contributed by atoms with van der Waals surface area (Å²) in [6.45, 7) is 2.51. The highest BCUT2D eigenvalue weighted by Gasteiger charge is 2.16. The van der Waals surface area contributed by atoms with Crippen LogP contribution >= 0.6 is 0 Å². The van der Waals surface area contributed by atoms with Crippen molar-refractivity contribution in [3.05, 3.63) is 23.9 Å². The molecule has 1 rings (SSSR count). The van der Waals surface area contributed by atoms with Crippen molar-refractivity contribution in [3.63, 3.8) is 0 Å². The topological polar surface area (TPSA) is 68.0 Å². The Morgan fingerprint density at radius 2 is 2.43 bits per heavy atom. The molecule has 0 fully saturated rings. The molecule has 4 heteroatoms. The number of hydrogen-bond donors (Lipinski definition) is 2. The molecule has 4 nitrogen and oxygen atoms in total. The Morgan fingerprint density at radius 1 is 1.71 bits per heavy atom. The zero-order chi connectivity index (χ0) is 10.6. The molecule has 0 bridgehead atoms. The molecule has 0 spiro atoms. The number of nitrogens with zero attached hydrogens (tertiary/aromatic N) is 1. The number of hydrogen-bond acceptors (Lipinski definition) is 4. The second-order valence-electron chi connectivity index (χ2n) is 3.26. The third kappa shape index (κ3) is 2.29. The zero-order valence-corrected chi connectivity index (χ0v) is 8.45. The number of anilines is 1. The van der Waals surface area contributed by atoms with Gasteiger partial charge in [0.1, 0.15) is 5.82 Å². The Balaban J connectivity index is 2.84. The van der Waals surface area contributed by atoms with Crippen molar-refractivity contribution < 1.29 is 4.79 Å². The van der Waals surface area contributed by atoms with Crippen molar-refractivity contribution in [2.45, 2.75) is 6.92 Å². The van der Waals surface area contributed by atoms with Gasteiger partial charge in [0.05, 0.1) is 5.56 Å². The van der Waals surface area contributed by atoms with Gasteiger partial charge in [-0.15, -0.1) is 0 Å². The SMILES string of the molecule is CNCC(C)C(=O)c1cccnc1N. The number of aromatic nitrogens is 1. The molecule has 3 N–H and O–H groups in total. The van der Waals surface area contributed by atoms with Crippen LogP contribution in [0.25, 0.3) is 0 Å². The average molecular weight is 193 g/mol. The lowest BCUT2D eigenvalue weighted by molar-refractivity contribution is 0.0930. The van der Waals surface area contributed by atoms with Crippen molar-refractivity contribution in [1.82, 2.24) is 10.3 Å². The molecule has 1 atom stereocenters. The van der Waals surface area contributed by atoms with Crippen LogP contribution in [-0.4, -0.2) is 24.4 Å². The van der Waals surface area contributed by atoms with Crippen LogP contribution in [0.5, 0.6) is 0 Å². The van der Waals surface area contributed by atoms with Crippen molar-refractivity contribution in [2.75, 3.05) is 19.3 Å². The van der Waals surface area contributed by atoms with E-state index < -0.39 is 0 Å². The molecule has 0 saturated carbocycles. The Hall–Kier alpha value is -1.42. The molecule has 0 aromatic carbocycles. The van der Waals surface area contributed by atoms with Gasteiger partial charge in [0.15, 0.2) is 5.78 Å². The van der Waals surface area contributed by atoms with Gasteiger partial charge in [0.2, 0.25) is 0 Å². The fourth-order valence-corrected chi connectivity index (χ4v) is 1.29. The third-order valence-corrected chi connectivity index (χ3v) is 2.06. The van der Waals surface area contributed by atoms with Crippen LogP contribution in [0.3, 0.4) is 0 Å². The summed E-state index contributed by atoms with van der Waals surface area (Å²) in [5.74, 6) is 0.261. The quantitative estimate of drug-likeness (QED) is 0.691. The van der Waals surface area contributed by atoms with E-state index in [1.54, 1.807) is 18.3 Å². The van der Waals surface area contributed by atoms with Gasteiger partial charge in [0, 0.05) is 18.7 Å². The van der Waals surface area contributed by atoms with Crippen LogP contribution in [0.1, 0.15) is 17.3 Å². The number of carbonyl (C=O) groups excluding carboxylic acids is 1. The molecule has 1 unspecified atom stereocenters. The summed E-state index contributed by atoms with van der Waals surface area (Å²) < 4.78 is 0. The summed E-state index contributed by atoms with van der Waals surface area (Å²) in [6.07, 6.45) is 1.58. The smallest absolute Gasteiger partial charge is 0.170 e. The number of nitrogens with one attached hydrogen (secondary N) is 1. The zero-order valence-electron chi connectivity index (χ0n) is 8.45. The largest absolute Gasteiger partial charge is 0.383 e. The van der Waals surface area contributed by atoms with Gasteiger partial charge in [-0.05, 0) is 19.2 Å². The highest BCUT2D eigenvalue weighted by molar-refractivity contribution is 6.01. The summed E-state index contributed by atoms with van der Waals surface area (Å²) in [4.78, 5) is 15.7. The first-order valence-electron chi connectivity index (χ1n) is 4.56. The minimum absolute atomic E-state index is 0.0324. The van der Waals surface area contributed by atoms with Crippen LogP contribution in [0.2, 0.25) is 0 Å². The predicted octanol–water partition coefficient (Wildman–Crippen LogP) is 0.702. The van der Waals surface area contributed by atoms with Crippen LogP contribution < -0.4 is 11.1 Å². The lowest BCUT2D eigenvalue weighted by atomic mass is 10.00.